The fourth-order valence-corrected chi connectivity index (χ4v) is 1.60. The van der Waals surface area contributed by atoms with Crippen molar-refractivity contribution in [1.82, 2.24) is 4.98 Å². The van der Waals surface area contributed by atoms with E-state index in [4.69, 9.17) is 0 Å². The first-order valence-corrected chi connectivity index (χ1v) is 4.76. The quantitative estimate of drug-likeness (QED) is 0.745. The fraction of sp³-hybridized carbons (Fsp3) is 0.167. The predicted molar refractivity (Wildman–Crippen MR) is 57.3 cm³/mol. The Kier molecular flexibility index (Phi) is 2.27. The molecule has 14 heavy (non-hydrogen) atoms. The van der Waals surface area contributed by atoms with Crippen LogP contribution >= 0.6 is 0 Å². The highest BCUT2D eigenvalue weighted by Gasteiger charge is 2.03. The van der Waals surface area contributed by atoms with Crippen LogP contribution in [-0.4, -0.2) is 10.1 Å². The van der Waals surface area contributed by atoms with E-state index in [1.165, 1.54) is 11.1 Å². The molecule has 0 fully saturated rings. The summed E-state index contributed by atoms with van der Waals surface area (Å²) >= 11 is 0. The topological polar surface area (TPSA) is 36.0 Å². The summed E-state index contributed by atoms with van der Waals surface area (Å²) in [6.07, 6.45) is 5.02. The van der Waals surface area contributed by atoms with E-state index in [2.05, 4.69) is 11.9 Å². The van der Waals surface area contributed by atoms with E-state index >= 15 is 0 Å². The van der Waals surface area contributed by atoms with Crippen LogP contribution in [0.5, 0.6) is 5.75 Å². The van der Waals surface area contributed by atoms with Crippen LogP contribution in [-0.2, 0) is 6.42 Å². The number of H-pyrrole nitrogens is 1. The minimum Gasteiger partial charge on any atom is -0.508 e. The van der Waals surface area contributed by atoms with Crippen molar-refractivity contribution in [2.75, 3.05) is 0 Å². The van der Waals surface area contributed by atoms with E-state index in [9.17, 15) is 5.11 Å². The maximum atomic E-state index is 9.17. The van der Waals surface area contributed by atoms with Crippen LogP contribution in [0.4, 0.5) is 0 Å². The van der Waals surface area contributed by atoms with Crippen molar-refractivity contribution >= 4 is 0 Å². The summed E-state index contributed by atoms with van der Waals surface area (Å²) in [5, 5.41) is 9.17. The summed E-state index contributed by atoms with van der Waals surface area (Å²) in [5.74, 6) is 0.308. The molecule has 2 aromatic rings. The maximum Gasteiger partial charge on any atom is 0.115 e. The van der Waals surface area contributed by atoms with E-state index in [0.29, 0.717) is 5.75 Å². The van der Waals surface area contributed by atoms with Gasteiger partial charge >= 0.3 is 0 Å². The minimum absolute atomic E-state index is 0.308. The third kappa shape index (κ3) is 1.51. The smallest absolute Gasteiger partial charge is 0.115 e. The Morgan fingerprint density at radius 1 is 1.14 bits per heavy atom. The van der Waals surface area contributed by atoms with Crippen molar-refractivity contribution in [3.05, 3.63) is 42.2 Å². The molecule has 0 amide bonds. The zero-order valence-electron chi connectivity index (χ0n) is 8.12. The lowest BCUT2D eigenvalue weighted by Gasteiger charge is -2.01. The van der Waals surface area contributed by atoms with Gasteiger partial charge in [0.1, 0.15) is 5.75 Å². The van der Waals surface area contributed by atoms with E-state index in [-0.39, 0.29) is 0 Å². The van der Waals surface area contributed by atoms with Crippen LogP contribution in [0, 0.1) is 0 Å². The number of aryl methyl sites for hydroxylation is 1. The summed E-state index contributed by atoms with van der Waals surface area (Å²) in [5.41, 5.74) is 3.66. The SMILES string of the molecule is CCc1c[nH]cc1-c1ccc(O)cc1. The summed E-state index contributed by atoms with van der Waals surface area (Å²) in [4.78, 5) is 3.10. The number of benzene rings is 1. The van der Waals surface area contributed by atoms with Gasteiger partial charge < -0.3 is 10.1 Å². The van der Waals surface area contributed by atoms with Gasteiger partial charge in [-0.25, -0.2) is 0 Å². The number of phenols is 1. The molecule has 1 aromatic heterocycles. The van der Waals surface area contributed by atoms with E-state index < -0.39 is 0 Å². The molecule has 1 heterocycles. The maximum absolute atomic E-state index is 9.17. The Morgan fingerprint density at radius 2 is 1.86 bits per heavy atom. The fourth-order valence-electron chi connectivity index (χ4n) is 1.60. The summed E-state index contributed by atoms with van der Waals surface area (Å²) in [6.45, 7) is 2.13. The van der Waals surface area contributed by atoms with Gasteiger partial charge in [-0.1, -0.05) is 19.1 Å². The molecular weight excluding hydrogens is 174 g/mol. The van der Waals surface area contributed by atoms with Gasteiger partial charge in [-0.05, 0) is 29.7 Å². The van der Waals surface area contributed by atoms with Crippen molar-refractivity contribution in [3.63, 3.8) is 0 Å². The number of phenolic OH excluding ortho intramolecular Hbond substituents is 1. The number of nitrogens with one attached hydrogen (secondary N) is 1. The van der Waals surface area contributed by atoms with Gasteiger partial charge in [0.05, 0.1) is 0 Å². The van der Waals surface area contributed by atoms with Gasteiger partial charge in [0, 0.05) is 18.0 Å². The third-order valence-electron chi connectivity index (χ3n) is 2.39. The number of hydrogen-bond donors (Lipinski definition) is 2. The lowest BCUT2D eigenvalue weighted by molar-refractivity contribution is 0.475. The zero-order chi connectivity index (χ0) is 9.97. The molecule has 0 spiro atoms. The molecule has 1 aromatic carbocycles. The highest BCUT2D eigenvalue weighted by atomic mass is 16.3. The Bertz CT molecular complexity index is 414. The van der Waals surface area contributed by atoms with Gasteiger partial charge in [-0.2, -0.15) is 0 Å². The second kappa shape index (κ2) is 3.58. The van der Waals surface area contributed by atoms with Crippen LogP contribution in [0.15, 0.2) is 36.7 Å². The van der Waals surface area contributed by atoms with Gasteiger partial charge in [-0.3, -0.25) is 0 Å². The molecule has 0 unspecified atom stereocenters. The lowest BCUT2D eigenvalue weighted by atomic mass is 10.0. The van der Waals surface area contributed by atoms with Gasteiger partial charge in [0.15, 0.2) is 0 Å². The largest absolute Gasteiger partial charge is 0.508 e. The Labute approximate surface area is 83.2 Å². The Hall–Kier alpha value is -1.70. The third-order valence-corrected chi connectivity index (χ3v) is 2.39. The normalized spacial score (nSPS) is 10.4. The molecular formula is C12H13NO. The van der Waals surface area contributed by atoms with Crippen molar-refractivity contribution in [2.24, 2.45) is 0 Å². The van der Waals surface area contributed by atoms with Crippen LogP contribution < -0.4 is 0 Å². The monoisotopic (exact) mass is 187 g/mol. The first kappa shape index (κ1) is 8.88. The number of aromatic hydroxyl groups is 1. The van der Waals surface area contributed by atoms with Gasteiger partial charge in [0.25, 0.3) is 0 Å². The van der Waals surface area contributed by atoms with Gasteiger partial charge in [-0.15, -0.1) is 0 Å². The van der Waals surface area contributed by atoms with Crippen LogP contribution in [0.25, 0.3) is 11.1 Å². The van der Waals surface area contributed by atoms with Crippen LogP contribution in [0.2, 0.25) is 0 Å². The van der Waals surface area contributed by atoms with Crippen LogP contribution in [0.1, 0.15) is 12.5 Å². The average molecular weight is 187 g/mol. The zero-order valence-corrected chi connectivity index (χ0v) is 8.12. The molecule has 0 aliphatic rings. The average Bonchev–Trinajstić information content (AvgIpc) is 2.67. The van der Waals surface area contributed by atoms with Crippen LogP contribution in [0.3, 0.4) is 0 Å². The molecule has 2 rings (SSSR count). The number of rotatable bonds is 2. The van der Waals surface area contributed by atoms with Crippen molar-refractivity contribution in [3.8, 4) is 16.9 Å². The van der Waals surface area contributed by atoms with Crippen molar-refractivity contribution in [2.45, 2.75) is 13.3 Å². The predicted octanol–water partition coefficient (Wildman–Crippen LogP) is 2.95. The van der Waals surface area contributed by atoms with Gasteiger partial charge in [0.2, 0.25) is 0 Å². The molecule has 2 nitrogen and oxygen atoms in total. The van der Waals surface area contributed by atoms with E-state index in [0.717, 1.165) is 12.0 Å². The second-order valence-corrected chi connectivity index (χ2v) is 3.29. The standard InChI is InChI=1S/C12H13NO/c1-2-9-7-13-8-12(9)10-3-5-11(14)6-4-10/h3-8,13-14H,2H2,1H3. The first-order valence-electron chi connectivity index (χ1n) is 4.76. The lowest BCUT2D eigenvalue weighted by Crippen LogP contribution is -1.80. The Balaban J connectivity index is 2.44. The molecule has 0 saturated heterocycles. The number of aromatic amines is 1. The van der Waals surface area contributed by atoms with Crippen molar-refractivity contribution in [1.29, 1.82) is 0 Å². The molecule has 0 bridgehead atoms. The molecule has 72 valence electrons. The summed E-state index contributed by atoms with van der Waals surface area (Å²) < 4.78 is 0. The minimum atomic E-state index is 0.308. The van der Waals surface area contributed by atoms with Crippen molar-refractivity contribution < 1.29 is 5.11 Å². The highest BCUT2D eigenvalue weighted by Crippen LogP contribution is 2.25. The number of hydrogen-bond acceptors (Lipinski definition) is 1. The Morgan fingerprint density at radius 3 is 2.50 bits per heavy atom. The molecule has 2 N–H and O–H groups in total. The number of aromatic nitrogens is 1. The molecule has 0 atom stereocenters. The highest BCUT2D eigenvalue weighted by molar-refractivity contribution is 5.67. The molecule has 0 radical (unpaired) electrons. The molecule has 0 aliphatic carbocycles. The summed E-state index contributed by atoms with van der Waals surface area (Å²) in [6, 6.07) is 7.28. The second-order valence-electron chi connectivity index (χ2n) is 3.29. The first-order chi connectivity index (χ1) is 6.81. The molecule has 0 aliphatic heterocycles. The summed E-state index contributed by atoms with van der Waals surface area (Å²) in [7, 11) is 0. The van der Waals surface area contributed by atoms with E-state index in [1.807, 2.05) is 24.5 Å². The van der Waals surface area contributed by atoms with E-state index in [1.54, 1.807) is 12.1 Å². The molecule has 0 saturated carbocycles. The molecule has 2 heteroatoms.